The smallest absolute Gasteiger partial charge is 0.291 e. The van der Waals surface area contributed by atoms with Crippen molar-refractivity contribution < 1.29 is 9.53 Å². The van der Waals surface area contributed by atoms with Gasteiger partial charge in [0.1, 0.15) is 17.4 Å². The Morgan fingerprint density at radius 1 is 1.21 bits per heavy atom. The lowest BCUT2D eigenvalue weighted by molar-refractivity contribution is -0.0473. The van der Waals surface area contributed by atoms with Crippen LogP contribution in [-0.4, -0.2) is 32.1 Å². The molecule has 2 aromatic rings. The van der Waals surface area contributed by atoms with Gasteiger partial charge in [0.15, 0.2) is 5.82 Å². The number of ether oxygens (including phenoxy) is 1. The number of pyridine rings is 1. The van der Waals surface area contributed by atoms with Crippen LogP contribution in [0.2, 0.25) is 0 Å². The highest BCUT2D eigenvalue weighted by Gasteiger charge is 2.42. The van der Waals surface area contributed by atoms with E-state index in [4.69, 9.17) is 15.0 Å². The van der Waals surface area contributed by atoms with Crippen LogP contribution in [0.5, 0.6) is 0 Å². The number of aromatic nitrogens is 3. The fourth-order valence-corrected chi connectivity index (χ4v) is 4.97. The largest absolute Gasteiger partial charge is 0.356 e. The molecule has 1 amide bonds. The van der Waals surface area contributed by atoms with Gasteiger partial charge >= 0.3 is 0 Å². The molecule has 0 saturated carbocycles. The van der Waals surface area contributed by atoms with Crippen LogP contribution < -0.4 is 5.32 Å². The van der Waals surface area contributed by atoms with Crippen molar-refractivity contribution in [3.8, 4) is 6.07 Å². The van der Waals surface area contributed by atoms with Gasteiger partial charge in [0.25, 0.3) is 5.91 Å². The predicted molar refractivity (Wildman–Crippen MR) is 131 cm³/mol. The minimum atomic E-state index is -0.428. The van der Waals surface area contributed by atoms with Crippen LogP contribution in [0, 0.1) is 16.7 Å². The quantitative estimate of drug-likeness (QED) is 0.600. The van der Waals surface area contributed by atoms with Gasteiger partial charge in [-0.05, 0) is 67.9 Å². The monoisotopic (exact) mass is 455 g/mol. The summed E-state index contributed by atoms with van der Waals surface area (Å²) in [6, 6.07) is 5.83. The number of amides is 1. The van der Waals surface area contributed by atoms with Crippen LogP contribution in [0.4, 0.5) is 5.69 Å². The van der Waals surface area contributed by atoms with Crippen molar-refractivity contribution in [2.45, 2.75) is 64.6 Å². The number of nitrogens with zero attached hydrogens (tertiary/aromatic N) is 3. The number of carbonyl (C=O) groups excluding carboxylic acids is 1. The summed E-state index contributed by atoms with van der Waals surface area (Å²) in [4.78, 5) is 24.7. The van der Waals surface area contributed by atoms with Crippen LogP contribution in [-0.2, 0) is 4.74 Å². The number of carbonyl (C=O) groups is 1. The molecule has 0 radical (unpaired) electrons. The molecule has 2 bridgehead atoms. The second-order valence-corrected chi connectivity index (χ2v) is 10.7. The Morgan fingerprint density at radius 2 is 2.03 bits per heavy atom. The summed E-state index contributed by atoms with van der Waals surface area (Å²) in [5, 5.41) is 12.0. The van der Waals surface area contributed by atoms with E-state index in [1.165, 1.54) is 6.20 Å². The number of hydrogen-bond donors (Lipinski definition) is 2. The van der Waals surface area contributed by atoms with Gasteiger partial charge in [0, 0.05) is 6.42 Å². The van der Waals surface area contributed by atoms with Crippen molar-refractivity contribution in [3.05, 3.63) is 65.5 Å². The number of anilines is 1. The van der Waals surface area contributed by atoms with Gasteiger partial charge in [-0.1, -0.05) is 32.1 Å². The van der Waals surface area contributed by atoms with Gasteiger partial charge in [-0.2, -0.15) is 5.26 Å². The van der Waals surface area contributed by atoms with Gasteiger partial charge in [-0.3, -0.25) is 4.79 Å². The molecule has 2 unspecified atom stereocenters. The van der Waals surface area contributed by atoms with E-state index < -0.39 is 11.5 Å². The minimum absolute atomic E-state index is 0.0981. The van der Waals surface area contributed by atoms with Gasteiger partial charge < -0.3 is 15.0 Å². The van der Waals surface area contributed by atoms with E-state index in [-0.39, 0.29) is 22.5 Å². The normalized spacial score (nSPS) is 27.0. The highest BCUT2D eigenvalue weighted by atomic mass is 16.5. The molecule has 1 aliphatic carbocycles. The molecule has 7 nitrogen and oxygen atoms in total. The maximum absolute atomic E-state index is 12.8. The first-order valence-corrected chi connectivity index (χ1v) is 11.7. The lowest BCUT2D eigenvalue weighted by atomic mass is 9.77. The molecule has 2 aromatic heterocycles. The van der Waals surface area contributed by atoms with Crippen LogP contribution in [0.1, 0.15) is 81.1 Å². The molecule has 0 spiro atoms. The van der Waals surface area contributed by atoms with Crippen LogP contribution >= 0.6 is 0 Å². The molecule has 2 atom stereocenters. The van der Waals surface area contributed by atoms with Crippen LogP contribution in [0.25, 0.3) is 11.1 Å². The number of aromatic amines is 1. The number of imidazole rings is 1. The maximum atomic E-state index is 12.8. The zero-order chi connectivity index (χ0) is 24.1. The third-order valence-electron chi connectivity index (χ3n) is 6.88. The summed E-state index contributed by atoms with van der Waals surface area (Å²) in [5.41, 5.74) is 4.34. The molecule has 0 saturated heterocycles. The summed E-state index contributed by atoms with van der Waals surface area (Å²) < 4.78 is 6.21. The molecule has 4 heterocycles. The van der Waals surface area contributed by atoms with E-state index >= 15 is 0 Å². The zero-order valence-corrected chi connectivity index (χ0v) is 20.0. The number of fused-ring (bicyclic) bond motifs is 2. The van der Waals surface area contributed by atoms with Crippen molar-refractivity contribution in [2.24, 2.45) is 5.41 Å². The van der Waals surface area contributed by atoms with Gasteiger partial charge in [0.2, 0.25) is 0 Å². The Kier molecular flexibility index (Phi) is 5.10. The Balaban J connectivity index is 1.52. The number of H-pyrrole nitrogens is 1. The van der Waals surface area contributed by atoms with Crippen LogP contribution in [0.15, 0.2) is 42.6 Å². The first kappa shape index (κ1) is 22.3. The van der Waals surface area contributed by atoms with E-state index in [1.807, 2.05) is 18.2 Å². The summed E-state index contributed by atoms with van der Waals surface area (Å²) >= 11 is 0. The highest BCUT2D eigenvalue weighted by molar-refractivity contribution is 6.03. The summed E-state index contributed by atoms with van der Waals surface area (Å²) in [6.45, 7) is 8.71. The minimum Gasteiger partial charge on any atom is -0.356 e. The van der Waals surface area contributed by atoms with Crippen molar-refractivity contribution in [3.63, 3.8) is 0 Å². The summed E-state index contributed by atoms with van der Waals surface area (Å²) in [6.07, 6.45) is 13.6. The zero-order valence-electron chi connectivity index (χ0n) is 20.0. The van der Waals surface area contributed by atoms with E-state index in [9.17, 15) is 4.79 Å². The number of rotatable bonds is 4. The SMILES string of the molecule is CC1(C)CC=C(c2nc(C3=CC4(C)C=CC(C)(C3)O4)ccc2NC(=O)c2ncc(C#N)[nH]2)CC1. The van der Waals surface area contributed by atoms with E-state index in [2.05, 4.69) is 67.3 Å². The molecule has 3 aliphatic rings. The first-order chi connectivity index (χ1) is 16.1. The van der Waals surface area contributed by atoms with Crippen LogP contribution in [0.3, 0.4) is 0 Å². The molecule has 174 valence electrons. The second-order valence-electron chi connectivity index (χ2n) is 10.7. The van der Waals surface area contributed by atoms with Crippen molar-refractivity contribution in [2.75, 3.05) is 5.32 Å². The third kappa shape index (κ3) is 4.22. The van der Waals surface area contributed by atoms with E-state index in [1.54, 1.807) is 0 Å². The second kappa shape index (κ2) is 7.78. The number of nitrogens with one attached hydrogen (secondary N) is 2. The first-order valence-electron chi connectivity index (χ1n) is 11.7. The Morgan fingerprint density at radius 3 is 2.71 bits per heavy atom. The number of nitriles is 1. The molecule has 0 aromatic carbocycles. The third-order valence-corrected chi connectivity index (χ3v) is 6.88. The van der Waals surface area contributed by atoms with E-state index in [0.717, 1.165) is 48.2 Å². The molecule has 34 heavy (non-hydrogen) atoms. The fourth-order valence-electron chi connectivity index (χ4n) is 4.97. The van der Waals surface area contributed by atoms with E-state index in [0.29, 0.717) is 5.69 Å². The number of allylic oxidation sites excluding steroid dienone is 2. The Hall–Kier alpha value is -3.50. The number of hydrogen-bond acceptors (Lipinski definition) is 5. The summed E-state index contributed by atoms with van der Waals surface area (Å²) in [5.74, 6) is -0.303. The lowest BCUT2D eigenvalue weighted by Crippen LogP contribution is -2.35. The average Bonchev–Trinajstić information content (AvgIpc) is 3.35. The van der Waals surface area contributed by atoms with Gasteiger partial charge in [-0.15, -0.1) is 0 Å². The molecular weight excluding hydrogens is 426 g/mol. The van der Waals surface area contributed by atoms with Crippen molar-refractivity contribution >= 4 is 22.7 Å². The predicted octanol–water partition coefficient (Wildman–Crippen LogP) is 5.41. The van der Waals surface area contributed by atoms with Crippen molar-refractivity contribution in [1.29, 1.82) is 5.26 Å². The standard InChI is InChI=1S/C27H29N5O2/c1-25(2)9-7-17(8-10-25)22-21(32-24(33)23-29-16-19(15-28)30-23)6-5-20(31-22)18-13-26(3)11-12-27(4,14-18)34-26/h5-7,11-13,16H,8-10,14H2,1-4H3,(H,29,30)(H,32,33). The molecule has 5 rings (SSSR count). The average molecular weight is 456 g/mol. The molecular formula is C27H29N5O2. The van der Waals surface area contributed by atoms with Gasteiger partial charge in [-0.25, -0.2) is 9.97 Å². The summed E-state index contributed by atoms with van der Waals surface area (Å²) in [7, 11) is 0. The fraction of sp³-hybridized carbons (Fsp3) is 0.407. The topological polar surface area (TPSA) is 104 Å². The molecule has 2 N–H and O–H groups in total. The molecule has 2 aliphatic heterocycles. The maximum Gasteiger partial charge on any atom is 0.291 e. The van der Waals surface area contributed by atoms with Crippen molar-refractivity contribution in [1.82, 2.24) is 15.0 Å². The molecule has 0 fully saturated rings. The van der Waals surface area contributed by atoms with Gasteiger partial charge in [0.05, 0.1) is 28.9 Å². The Labute approximate surface area is 199 Å². The highest BCUT2D eigenvalue weighted by Crippen LogP contribution is 2.45. The molecule has 7 heteroatoms. The lowest BCUT2D eigenvalue weighted by Gasteiger charge is -2.35. The Bertz CT molecular complexity index is 1310.